The molecule has 0 bridgehead atoms. The lowest BCUT2D eigenvalue weighted by Gasteiger charge is -2.17. The third-order valence-electron chi connectivity index (χ3n) is 4.29. The van der Waals surface area contributed by atoms with Gasteiger partial charge in [-0.05, 0) is 24.3 Å². The third-order valence-corrected chi connectivity index (χ3v) is 5.20. The number of nitrogens with zero attached hydrogens (tertiary/aromatic N) is 2. The number of thiazole rings is 1. The van der Waals surface area contributed by atoms with Gasteiger partial charge in [-0.3, -0.25) is 9.59 Å². The average Bonchev–Trinajstić information content (AvgIpc) is 3.29. The van der Waals surface area contributed by atoms with E-state index >= 15 is 0 Å². The van der Waals surface area contributed by atoms with Gasteiger partial charge in [-0.2, -0.15) is 0 Å². The van der Waals surface area contributed by atoms with Gasteiger partial charge in [-0.15, -0.1) is 11.3 Å². The van der Waals surface area contributed by atoms with Crippen LogP contribution in [0.4, 0.5) is 5.69 Å². The van der Waals surface area contributed by atoms with E-state index in [1.165, 1.54) is 16.7 Å². The van der Waals surface area contributed by atoms with Crippen molar-refractivity contribution in [1.29, 1.82) is 0 Å². The fraction of sp³-hybridized carbons (Fsp3) is 0.333. The molecule has 142 valence electrons. The highest BCUT2D eigenvalue weighted by atomic mass is 32.1. The summed E-state index contributed by atoms with van der Waals surface area (Å²) in [5.41, 5.74) is 0.748. The van der Waals surface area contributed by atoms with Crippen molar-refractivity contribution in [1.82, 2.24) is 10.3 Å². The molecule has 8 nitrogen and oxygen atoms in total. The fourth-order valence-corrected chi connectivity index (χ4v) is 3.63. The molecule has 1 fully saturated rings. The topological polar surface area (TPSA) is 109 Å². The van der Waals surface area contributed by atoms with E-state index in [9.17, 15) is 14.4 Å². The van der Waals surface area contributed by atoms with Gasteiger partial charge in [0, 0.05) is 37.0 Å². The SMILES string of the molecule is COc1ccc(N2CC(C(=O)NCCc3nc(C(=O)O)cs3)CC2=O)cc1. The Hall–Kier alpha value is -2.94. The van der Waals surface area contributed by atoms with Gasteiger partial charge in [0.15, 0.2) is 5.69 Å². The van der Waals surface area contributed by atoms with Crippen molar-refractivity contribution >= 4 is 34.8 Å². The summed E-state index contributed by atoms with van der Waals surface area (Å²) in [4.78, 5) is 41.0. The maximum absolute atomic E-state index is 12.4. The van der Waals surface area contributed by atoms with Gasteiger partial charge in [-0.25, -0.2) is 9.78 Å². The first kappa shape index (κ1) is 18.8. The number of carbonyl (C=O) groups is 3. The first-order chi connectivity index (χ1) is 13.0. The van der Waals surface area contributed by atoms with Crippen LogP contribution in [0.15, 0.2) is 29.6 Å². The van der Waals surface area contributed by atoms with Crippen molar-refractivity contribution in [2.24, 2.45) is 5.92 Å². The van der Waals surface area contributed by atoms with E-state index < -0.39 is 11.9 Å². The lowest BCUT2D eigenvalue weighted by Crippen LogP contribution is -2.34. The Balaban J connectivity index is 1.51. The van der Waals surface area contributed by atoms with Crippen molar-refractivity contribution in [3.63, 3.8) is 0 Å². The second-order valence-electron chi connectivity index (χ2n) is 6.08. The predicted octanol–water partition coefficient (Wildman–Crippen LogP) is 1.56. The number of methoxy groups -OCH3 is 1. The molecule has 1 aliphatic rings. The molecule has 0 radical (unpaired) electrons. The Morgan fingerprint density at radius 3 is 2.74 bits per heavy atom. The van der Waals surface area contributed by atoms with E-state index in [-0.39, 0.29) is 23.9 Å². The highest BCUT2D eigenvalue weighted by molar-refractivity contribution is 7.09. The zero-order valence-corrected chi connectivity index (χ0v) is 15.5. The molecule has 2 heterocycles. The van der Waals surface area contributed by atoms with Crippen LogP contribution in [-0.4, -0.2) is 48.1 Å². The van der Waals surface area contributed by atoms with E-state index in [1.807, 2.05) is 0 Å². The Bertz CT molecular complexity index is 849. The first-order valence-electron chi connectivity index (χ1n) is 8.37. The normalized spacial score (nSPS) is 16.4. The molecule has 1 saturated heterocycles. The molecule has 3 rings (SSSR count). The molecule has 27 heavy (non-hydrogen) atoms. The third kappa shape index (κ3) is 4.43. The van der Waals surface area contributed by atoms with Gasteiger partial charge in [0.1, 0.15) is 5.75 Å². The summed E-state index contributed by atoms with van der Waals surface area (Å²) in [6, 6.07) is 7.13. The number of hydrogen-bond donors (Lipinski definition) is 2. The van der Waals surface area contributed by atoms with E-state index in [0.29, 0.717) is 30.3 Å². The quantitative estimate of drug-likeness (QED) is 0.744. The lowest BCUT2D eigenvalue weighted by molar-refractivity contribution is -0.126. The van der Waals surface area contributed by atoms with Crippen LogP contribution in [0.25, 0.3) is 0 Å². The Kier molecular flexibility index (Phi) is 5.70. The molecular formula is C18H19N3O5S. The smallest absolute Gasteiger partial charge is 0.355 e. The molecule has 0 saturated carbocycles. The summed E-state index contributed by atoms with van der Waals surface area (Å²) < 4.78 is 5.11. The van der Waals surface area contributed by atoms with E-state index in [4.69, 9.17) is 9.84 Å². The molecule has 2 N–H and O–H groups in total. The van der Waals surface area contributed by atoms with Crippen molar-refractivity contribution in [2.45, 2.75) is 12.8 Å². The van der Waals surface area contributed by atoms with Crippen molar-refractivity contribution in [3.8, 4) is 5.75 Å². The van der Waals surface area contributed by atoms with Crippen molar-refractivity contribution in [3.05, 3.63) is 40.3 Å². The van der Waals surface area contributed by atoms with Crippen molar-refractivity contribution in [2.75, 3.05) is 25.1 Å². The number of nitrogens with one attached hydrogen (secondary N) is 1. The molecule has 2 amide bonds. The molecule has 1 aliphatic heterocycles. The van der Waals surface area contributed by atoms with E-state index in [2.05, 4.69) is 10.3 Å². The van der Waals surface area contributed by atoms with Gasteiger partial charge >= 0.3 is 5.97 Å². The lowest BCUT2D eigenvalue weighted by atomic mass is 10.1. The van der Waals surface area contributed by atoms with Gasteiger partial charge < -0.3 is 20.1 Å². The monoisotopic (exact) mass is 389 g/mol. The number of carboxylic acid groups (broad SMARTS) is 1. The number of benzene rings is 1. The summed E-state index contributed by atoms with van der Waals surface area (Å²) in [6.45, 7) is 0.677. The Morgan fingerprint density at radius 1 is 1.37 bits per heavy atom. The molecule has 1 unspecified atom stereocenters. The van der Waals surface area contributed by atoms with Crippen LogP contribution in [0, 0.1) is 5.92 Å². The zero-order chi connectivity index (χ0) is 19.4. The summed E-state index contributed by atoms with van der Waals surface area (Å²) in [6.07, 6.45) is 0.616. The second-order valence-corrected chi connectivity index (χ2v) is 7.02. The fourth-order valence-electron chi connectivity index (χ4n) is 2.86. The molecule has 2 aromatic rings. The molecule has 0 spiro atoms. The van der Waals surface area contributed by atoms with Crippen LogP contribution in [0.5, 0.6) is 5.75 Å². The molecular weight excluding hydrogens is 370 g/mol. The number of amides is 2. The van der Waals surface area contributed by atoms with Crippen molar-refractivity contribution < 1.29 is 24.2 Å². The molecule has 1 atom stereocenters. The minimum absolute atomic E-state index is 0.0119. The Morgan fingerprint density at radius 2 is 2.11 bits per heavy atom. The van der Waals surface area contributed by atoms with Gasteiger partial charge in [0.05, 0.1) is 18.0 Å². The highest BCUT2D eigenvalue weighted by Crippen LogP contribution is 2.26. The summed E-state index contributed by atoms with van der Waals surface area (Å²) in [7, 11) is 1.57. The van der Waals surface area contributed by atoms with Crippen LogP contribution in [0.2, 0.25) is 0 Å². The molecule has 9 heteroatoms. The van der Waals surface area contributed by atoms with E-state index in [1.54, 1.807) is 36.3 Å². The number of anilines is 1. The summed E-state index contributed by atoms with van der Waals surface area (Å²) >= 11 is 1.25. The first-order valence-corrected chi connectivity index (χ1v) is 9.25. The van der Waals surface area contributed by atoms with Crippen LogP contribution >= 0.6 is 11.3 Å². The minimum atomic E-state index is -1.07. The van der Waals surface area contributed by atoms with E-state index in [0.717, 1.165) is 5.69 Å². The average molecular weight is 389 g/mol. The number of aromatic carboxylic acids is 1. The van der Waals surface area contributed by atoms with Crippen LogP contribution in [-0.2, 0) is 16.0 Å². The summed E-state index contributed by atoms with van der Waals surface area (Å²) in [5.74, 6) is -1.05. The molecule has 1 aromatic carbocycles. The number of carboxylic acids is 1. The van der Waals surface area contributed by atoms with Gasteiger partial charge in [-0.1, -0.05) is 0 Å². The molecule has 0 aliphatic carbocycles. The minimum Gasteiger partial charge on any atom is -0.497 e. The highest BCUT2D eigenvalue weighted by Gasteiger charge is 2.34. The number of ether oxygens (including phenoxy) is 1. The predicted molar refractivity (Wildman–Crippen MR) is 99.2 cm³/mol. The number of rotatable bonds is 7. The van der Waals surface area contributed by atoms with Crippen LogP contribution in [0.3, 0.4) is 0 Å². The number of aromatic nitrogens is 1. The van der Waals surface area contributed by atoms with Gasteiger partial charge in [0.25, 0.3) is 0 Å². The Labute approximate surface area is 159 Å². The van der Waals surface area contributed by atoms with Gasteiger partial charge in [0.2, 0.25) is 11.8 Å². The largest absolute Gasteiger partial charge is 0.497 e. The van der Waals surface area contributed by atoms with Crippen LogP contribution < -0.4 is 15.0 Å². The zero-order valence-electron chi connectivity index (χ0n) is 14.7. The number of carbonyl (C=O) groups excluding carboxylic acids is 2. The maximum Gasteiger partial charge on any atom is 0.355 e. The van der Waals surface area contributed by atoms with Crippen LogP contribution in [0.1, 0.15) is 21.9 Å². The molecule has 1 aromatic heterocycles. The number of hydrogen-bond acceptors (Lipinski definition) is 6. The standard InChI is InChI=1S/C18H19N3O5S/c1-26-13-4-2-12(3-5-13)21-9-11(8-16(21)22)17(23)19-7-6-15-20-14(10-27-15)18(24)25/h2-5,10-11H,6-9H2,1H3,(H,19,23)(H,24,25). The second kappa shape index (κ2) is 8.17. The summed E-state index contributed by atoms with van der Waals surface area (Å²) in [5, 5.41) is 13.8. The maximum atomic E-state index is 12.4.